The summed E-state index contributed by atoms with van der Waals surface area (Å²) in [5, 5.41) is 8.56. The van der Waals surface area contributed by atoms with E-state index in [1.165, 1.54) is 18.2 Å². The van der Waals surface area contributed by atoms with Gasteiger partial charge in [-0.05, 0) is 29.0 Å². The topological polar surface area (TPSA) is 117 Å². The molecule has 0 amide bonds. The Balaban J connectivity index is 2.30. The number of halogens is 1. The van der Waals surface area contributed by atoms with E-state index in [1.54, 1.807) is 7.05 Å². The van der Waals surface area contributed by atoms with E-state index in [0.29, 0.717) is 12.3 Å². The van der Waals surface area contributed by atoms with Crippen LogP contribution in [0.15, 0.2) is 37.0 Å². The van der Waals surface area contributed by atoms with Crippen LogP contribution in [-0.2, 0) is 16.6 Å². The van der Waals surface area contributed by atoms with Gasteiger partial charge < -0.3 is 9.73 Å². The Morgan fingerprint density at radius 1 is 1.45 bits per heavy atom. The zero-order valence-corrected chi connectivity index (χ0v) is 12.7. The monoisotopic (exact) mass is 362 g/mol. The summed E-state index contributed by atoms with van der Waals surface area (Å²) in [5.74, 6) is 0.474. The standard InChI is InChI=1S/C10H11BrN4O4S/c1-12-5-6-4-7(10(11)19-6)20(17,18)15-8-2-3-9(16)14-13-8/h2-4,12H,5H2,1H3,(H,13,15)(H,14,16). The van der Waals surface area contributed by atoms with Gasteiger partial charge in [-0.15, -0.1) is 0 Å². The normalized spacial score (nSPS) is 11.5. The molecule has 0 spiro atoms. The van der Waals surface area contributed by atoms with Gasteiger partial charge in [-0.25, -0.2) is 13.5 Å². The highest BCUT2D eigenvalue weighted by Crippen LogP contribution is 2.27. The molecule has 0 unspecified atom stereocenters. The van der Waals surface area contributed by atoms with Crippen molar-refractivity contribution in [3.05, 3.63) is 39.0 Å². The summed E-state index contributed by atoms with van der Waals surface area (Å²) < 4.78 is 31.9. The number of anilines is 1. The Morgan fingerprint density at radius 2 is 2.20 bits per heavy atom. The molecule has 108 valence electrons. The van der Waals surface area contributed by atoms with Gasteiger partial charge in [0.25, 0.3) is 15.6 Å². The van der Waals surface area contributed by atoms with Gasteiger partial charge >= 0.3 is 0 Å². The second-order valence-electron chi connectivity index (χ2n) is 3.79. The fourth-order valence-electron chi connectivity index (χ4n) is 1.44. The Kier molecular flexibility index (Phi) is 4.26. The minimum atomic E-state index is -3.86. The number of hydrogen-bond donors (Lipinski definition) is 3. The maximum Gasteiger partial charge on any atom is 0.267 e. The molecule has 0 aromatic carbocycles. The first-order valence-electron chi connectivity index (χ1n) is 5.44. The number of H-pyrrole nitrogens is 1. The molecule has 20 heavy (non-hydrogen) atoms. The summed E-state index contributed by atoms with van der Waals surface area (Å²) in [6, 6.07) is 3.83. The van der Waals surface area contributed by atoms with Crippen molar-refractivity contribution in [1.29, 1.82) is 0 Å². The van der Waals surface area contributed by atoms with Gasteiger partial charge in [0.2, 0.25) is 0 Å². The van der Waals surface area contributed by atoms with Crippen molar-refractivity contribution < 1.29 is 12.8 Å². The lowest BCUT2D eigenvalue weighted by molar-refractivity contribution is 0.470. The van der Waals surface area contributed by atoms with Crippen LogP contribution in [0.5, 0.6) is 0 Å². The van der Waals surface area contributed by atoms with E-state index in [1.807, 2.05) is 0 Å². The Hall–Kier alpha value is -1.65. The Labute approximate surface area is 122 Å². The number of sulfonamides is 1. The van der Waals surface area contributed by atoms with Crippen LogP contribution in [0.2, 0.25) is 0 Å². The first-order valence-corrected chi connectivity index (χ1v) is 7.71. The molecular weight excluding hydrogens is 352 g/mol. The van der Waals surface area contributed by atoms with E-state index in [4.69, 9.17) is 4.42 Å². The van der Waals surface area contributed by atoms with Gasteiger partial charge in [0.05, 0.1) is 6.54 Å². The van der Waals surface area contributed by atoms with Crippen molar-refractivity contribution in [3.63, 3.8) is 0 Å². The molecule has 2 aromatic heterocycles. The van der Waals surface area contributed by atoms with Gasteiger partial charge in [0, 0.05) is 12.1 Å². The molecule has 0 aliphatic carbocycles. The number of aromatic amines is 1. The fourth-order valence-corrected chi connectivity index (χ4v) is 3.44. The number of nitrogens with zero attached hydrogens (tertiary/aromatic N) is 1. The van der Waals surface area contributed by atoms with Crippen molar-refractivity contribution in [2.24, 2.45) is 0 Å². The molecule has 2 heterocycles. The second-order valence-corrected chi connectivity index (χ2v) is 6.16. The molecular formula is C10H11BrN4O4S. The third-order valence-corrected chi connectivity index (χ3v) is 4.48. The average molecular weight is 363 g/mol. The van der Waals surface area contributed by atoms with Crippen LogP contribution >= 0.6 is 15.9 Å². The Bertz CT molecular complexity index is 747. The molecule has 0 saturated heterocycles. The molecule has 0 atom stereocenters. The summed E-state index contributed by atoms with van der Waals surface area (Å²) >= 11 is 3.06. The van der Waals surface area contributed by atoms with E-state index >= 15 is 0 Å². The molecule has 8 nitrogen and oxygen atoms in total. The summed E-state index contributed by atoms with van der Waals surface area (Å²) in [6.07, 6.45) is 0. The van der Waals surface area contributed by atoms with Crippen molar-refractivity contribution in [1.82, 2.24) is 15.5 Å². The molecule has 0 bridgehead atoms. The third kappa shape index (κ3) is 3.26. The van der Waals surface area contributed by atoms with Crippen LogP contribution in [-0.4, -0.2) is 25.7 Å². The molecule has 3 N–H and O–H groups in total. The number of rotatable bonds is 5. The minimum Gasteiger partial charge on any atom is -0.451 e. The number of furan rings is 1. The zero-order chi connectivity index (χ0) is 14.8. The van der Waals surface area contributed by atoms with Crippen LogP contribution < -0.4 is 15.6 Å². The SMILES string of the molecule is CNCc1cc(S(=O)(=O)Nc2ccc(=O)[nH]n2)c(Br)o1. The average Bonchev–Trinajstić information content (AvgIpc) is 2.74. The summed E-state index contributed by atoms with van der Waals surface area (Å²) in [7, 11) is -2.14. The highest BCUT2D eigenvalue weighted by Gasteiger charge is 2.23. The molecule has 0 saturated carbocycles. The lowest BCUT2D eigenvalue weighted by atomic mass is 10.4. The van der Waals surface area contributed by atoms with E-state index in [2.05, 4.69) is 36.2 Å². The molecule has 2 aromatic rings. The number of nitrogens with one attached hydrogen (secondary N) is 3. The largest absolute Gasteiger partial charge is 0.451 e. The van der Waals surface area contributed by atoms with Crippen molar-refractivity contribution in [2.45, 2.75) is 11.4 Å². The third-order valence-electron chi connectivity index (χ3n) is 2.27. The molecule has 0 aliphatic heterocycles. The first-order chi connectivity index (χ1) is 9.42. The molecule has 0 aliphatic rings. The van der Waals surface area contributed by atoms with E-state index < -0.39 is 15.6 Å². The maximum absolute atomic E-state index is 12.2. The summed E-state index contributed by atoms with van der Waals surface area (Å²) in [4.78, 5) is 10.8. The highest BCUT2D eigenvalue weighted by molar-refractivity contribution is 9.10. The Morgan fingerprint density at radius 3 is 2.80 bits per heavy atom. The van der Waals surface area contributed by atoms with E-state index in [-0.39, 0.29) is 15.4 Å². The molecule has 0 fully saturated rings. The fraction of sp³-hybridized carbons (Fsp3) is 0.200. The molecule has 0 radical (unpaired) electrons. The van der Waals surface area contributed by atoms with Crippen molar-refractivity contribution >= 4 is 31.8 Å². The second kappa shape index (κ2) is 5.77. The molecule has 10 heteroatoms. The maximum atomic E-state index is 12.2. The lowest BCUT2D eigenvalue weighted by Gasteiger charge is -2.04. The van der Waals surface area contributed by atoms with Gasteiger partial charge in [-0.3, -0.25) is 9.52 Å². The van der Waals surface area contributed by atoms with Crippen molar-refractivity contribution in [2.75, 3.05) is 11.8 Å². The minimum absolute atomic E-state index is 0.00728. The van der Waals surface area contributed by atoms with Crippen LogP contribution in [0, 0.1) is 0 Å². The molecule has 2 rings (SSSR count). The van der Waals surface area contributed by atoms with E-state index in [9.17, 15) is 13.2 Å². The van der Waals surface area contributed by atoms with Crippen LogP contribution in [0.25, 0.3) is 0 Å². The zero-order valence-electron chi connectivity index (χ0n) is 10.3. The smallest absolute Gasteiger partial charge is 0.267 e. The van der Waals surface area contributed by atoms with E-state index in [0.717, 1.165) is 0 Å². The van der Waals surface area contributed by atoms with Gasteiger partial charge in [-0.1, -0.05) is 0 Å². The number of aromatic nitrogens is 2. The van der Waals surface area contributed by atoms with Gasteiger partial charge in [0.15, 0.2) is 10.5 Å². The first kappa shape index (κ1) is 14.8. The van der Waals surface area contributed by atoms with Gasteiger partial charge in [0.1, 0.15) is 10.7 Å². The quantitative estimate of drug-likeness (QED) is 0.718. The van der Waals surface area contributed by atoms with Crippen LogP contribution in [0.4, 0.5) is 5.82 Å². The number of hydrogen-bond acceptors (Lipinski definition) is 6. The highest BCUT2D eigenvalue weighted by atomic mass is 79.9. The van der Waals surface area contributed by atoms with Crippen LogP contribution in [0.1, 0.15) is 5.76 Å². The lowest BCUT2D eigenvalue weighted by Crippen LogP contribution is -2.16. The predicted octanol–water partition coefficient (Wildman–Crippen LogP) is 0.646. The van der Waals surface area contributed by atoms with Crippen LogP contribution in [0.3, 0.4) is 0 Å². The summed E-state index contributed by atoms with van der Waals surface area (Å²) in [5.41, 5.74) is -0.422. The predicted molar refractivity (Wildman–Crippen MR) is 74.8 cm³/mol. The van der Waals surface area contributed by atoms with Crippen molar-refractivity contribution in [3.8, 4) is 0 Å². The summed E-state index contributed by atoms with van der Waals surface area (Å²) in [6.45, 7) is 0.394. The van der Waals surface area contributed by atoms with Gasteiger partial charge in [-0.2, -0.15) is 5.10 Å².